The predicted molar refractivity (Wildman–Crippen MR) is 95.6 cm³/mol. The van der Waals surface area contributed by atoms with Gasteiger partial charge in [-0.15, -0.1) is 0 Å². The van der Waals surface area contributed by atoms with E-state index in [0.29, 0.717) is 42.1 Å². The second-order valence-electron chi connectivity index (χ2n) is 8.22. The van der Waals surface area contributed by atoms with Crippen LogP contribution in [0, 0.1) is 35.5 Å². The fourth-order valence-electron chi connectivity index (χ4n) is 4.28. The minimum atomic E-state index is -0.142. The van der Waals surface area contributed by atoms with Gasteiger partial charge in [-0.2, -0.15) is 0 Å². The van der Waals surface area contributed by atoms with Crippen molar-refractivity contribution in [3.05, 3.63) is 0 Å². The number of methoxy groups -OCH3 is 1. The molecule has 10 atom stereocenters. The fraction of sp³-hybridized carbons (Fsp3) is 1.00. The van der Waals surface area contributed by atoms with Crippen molar-refractivity contribution in [2.24, 2.45) is 35.5 Å². The highest BCUT2D eigenvalue weighted by molar-refractivity contribution is 4.85. The van der Waals surface area contributed by atoms with E-state index in [2.05, 4.69) is 48.5 Å². The standard InChI is InChI=1S/C20H38O4/c1-9-17-13(4)11(2)16(7)20(23-17)22-10-18-14(5)12(3)15(6)19(21-8)24-18/h11-20H,9-10H2,1-8H3/t11-,12-,13-,14-,15?,16?,17?,18?,19-,20+/m0/s1. The average molecular weight is 343 g/mol. The maximum atomic E-state index is 6.25. The van der Waals surface area contributed by atoms with E-state index in [1.165, 1.54) is 0 Å². The fourth-order valence-corrected chi connectivity index (χ4v) is 4.28. The third-order valence-corrected chi connectivity index (χ3v) is 7.03. The first-order valence-corrected chi connectivity index (χ1v) is 9.77. The van der Waals surface area contributed by atoms with E-state index in [1.54, 1.807) is 7.11 Å². The Morgan fingerprint density at radius 3 is 1.71 bits per heavy atom. The van der Waals surface area contributed by atoms with Crippen LogP contribution in [-0.4, -0.2) is 38.5 Å². The molecule has 0 aromatic heterocycles. The smallest absolute Gasteiger partial charge is 0.160 e. The van der Waals surface area contributed by atoms with E-state index < -0.39 is 0 Å². The quantitative estimate of drug-likeness (QED) is 0.745. The van der Waals surface area contributed by atoms with Gasteiger partial charge in [0.2, 0.25) is 0 Å². The maximum Gasteiger partial charge on any atom is 0.160 e. The van der Waals surface area contributed by atoms with Crippen molar-refractivity contribution >= 4 is 0 Å². The molecule has 0 saturated carbocycles. The monoisotopic (exact) mass is 342 g/mol. The molecule has 2 heterocycles. The molecule has 2 aliphatic heterocycles. The largest absolute Gasteiger partial charge is 0.356 e. The normalized spacial score (nSPS) is 50.0. The first kappa shape index (κ1) is 20.2. The molecule has 4 nitrogen and oxygen atoms in total. The predicted octanol–water partition coefficient (Wildman–Crippen LogP) is 4.33. The Kier molecular flexibility index (Phi) is 7.12. The Bertz CT molecular complexity index is 348. The zero-order chi connectivity index (χ0) is 18.0. The van der Waals surface area contributed by atoms with Crippen molar-refractivity contribution < 1.29 is 18.9 Å². The molecule has 0 aromatic carbocycles. The molecule has 24 heavy (non-hydrogen) atoms. The molecule has 2 saturated heterocycles. The number of rotatable bonds is 5. The van der Waals surface area contributed by atoms with Crippen molar-refractivity contribution in [2.75, 3.05) is 13.7 Å². The Morgan fingerprint density at radius 1 is 0.667 bits per heavy atom. The van der Waals surface area contributed by atoms with Crippen LogP contribution in [-0.2, 0) is 18.9 Å². The van der Waals surface area contributed by atoms with Crippen LogP contribution in [0.3, 0.4) is 0 Å². The van der Waals surface area contributed by atoms with Gasteiger partial charge in [-0.25, -0.2) is 0 Å². The minimum Gasteiger partial charge on any atom is -0.356 e. The van der Waals surface area contributed by atoms with Gasteiger partial charge in [0, 0.05) is 18.9 Å². The summed E-state index contributed by atoms with van der Waals surface area (Å²) in [7, 11) is 1.73. The molecule has 4 heteroatoms. The second-order valence-corrected chi connectivity index (χ2v) is 8.22. The Hall–Kier alpha value is -0.160. The number of ether oxygens (including phenoxy) is 4. The van der Waals surface area contributed by atoms with E-state index in [1.807, 2.05) is 0 Å². The Morgan fingerprint density at radius 2 is 1.17 bits per heavy atom. The summed E-state index contributed by atoms with van der Waals surface area (Å²) in [5, 5.41) is 0. The topological polar surface area (TPSA) is 36.9 Å². The molecule has 142 valence electrons. The van der Waals surface area contributed by atoms with Gasteiger partial charge in [-0.3, -0.25) is 0 Å². The molecular weight excluding hydrogens is 304 g/mol. The van der Waals surface area contributed by atoms with Gasteiger partial charge in [-0.05, 0) is 30.1 Å². The van der Waals surface area contributed by atoms with Crippen LogP contribution in [0.2, 0.25) is 0 Å². The molecule has 2 rings (SSSR count). The van der Waals surface area contributed by atoms with Crippen molar-refractivity contribution in [1.82, 2.24) is 0 Å². The Balaban J connectivity index is 1.96. The molecular formula is C20H38O4. The lowest BCUT2D eigenvalue weighted by Gasteiger charge is -2.45. The van der Waals surface area contributed by atoms with Crippen molar-refractivity contribution in [3.8, 4) is 0 Å². The lowest BCUT2D eigenvalue weighted by atomic mass is 9.78. The van der Waals surface area contributed by atoms with E-state index >= 15 is 0 Å². The maximum absolute atomic E-state index is 6.25. The van der Waals surface area contributed by atoms with Crippen LogP contribution >= 0.6 is 0 Å². The van der Waals surface area contributed by atoms with E-state index in [0.717, 1.165) is 6.42 Å². The third-order valence-electron chi connectivity index (χ3n) is 7.03. The zero-order valence-electron chi connectivity index (χ0n) is 16.8. The summed E-state index contributed by atoms with van der Waals surface area (Å²) in [5.74, 6) is 2.97. The van der Waals surface area contributed by atoms with Gasteiger partial charge in [0.1, 0.15) is 0 Å². The van der Waals surface area contributed by atoms with Gasteiger partial charge >= 0.3 is 0 Å². The molecule has 0 aromatic rings. The van der Waals surface area contributed by atoms with Gasteiger partial charge in [-0.1, -0.05) is 48.5 Å². The highest BCUT2D eigenvalue weighted by Crippen LogP contribution is 2.38. The summed E-state index contributed by atoms with van der Waals surface area (Å²) in [6.45, 7) is 16.4. The molecule has 0 radical (unpaired) electrons. The van der Waals surface area contributed by atoms with Gasteiger partial charge in [0.15, 0.2) is 12.6 Å². The summed E-state index contributed by atoms with van der Waals surface area (Å²) in [5.41, 5.74) is 0. The van der Waals surface area contributed by atoms with E-state index in [-0.39, 0.29) is 24.8 Å². The summed E-state index contributed by atoms with van der Waals surface area (Å²) in [6.07, 6.45) is 1.11. The van der Waals surface area contributed by atoms with E-state index in [4.69, 9.17) is 18.9 Å². The highest BCUT2D eigenvalue weighted by Gasteiger charge is 2.42. The van der Waals surface area contributed by atoms with Crippen LogP contribution in [0.15, 0.2) is 0 Å². The molecule has 0 bridgehead atoms. The molecule has 0 aliphatic carbocycles. The molecule has 0 N–H and O–H groups in total. The van der Waals surface area contributed by atoms with Gasteiger partial charge in [0.05, 0.1) is 18.8 Å². The SMILES string of the molecule is CCC1O[C@@H](OCC2O[C@H](OC)C(C)[C@@H](C)[C@@H]2C)C(C)[C@@H](C)[C@@H]1C. The Labute approximate surface area is 148 Å². The lowest BCUT2D eigenvalue weighted by Crippen LogP contribution is -2.50. The molecule has 2 fully saturated rings. The molecule has 0 spiro atoms. The zero-order valence-corrected chi connectivity index (χ0v) is 16.8. The average Bonchev–Trinajstić information content (AvgIpc) is 2.58. The molecule has 0 amide bonds. The van der Waals surface area contributed by atoms with Crippen LogP contribution in [0.25, 0.3) is 0 Å². The van der Waals surface area contributed by atoms with Gasteiger partial charge in [0.25, 0.3) is 0 Å². The van der Waals surface area contributed by atoms with Crippen LogP contribution in [0.4, 0.5) is 0 Å². The third kappa shape index (κ3) is 3.98. The molecule has 4 unspecified atom stereocenters. The number of hydrogen-bond donors (Lipinski definition) is 0. The summed E-state index contributed by atoms with van der Waals surface area (Å²) in [6, 6.07) is 0. The van der Waals surface area contributed by atoms with Crippen LogP contribution in [0.1, 0.15) is 54.9 Å². The lowest BCUT2D eigenvalue weighted by molar-refractivity contribution is -0.285. The second kappa shape index (κ2) is 8.48. The van der Waals surface area contributed by atoms with Crippen molar-refractivity contribution in [3.63, 3.8) is 0 Å². The van der Waals surface area contributed by atoms with Crippen LogP contribution in [0.5, 0.6) is 0 Å². The summed E-state index contributed by atoms with van der Waals surface area (Å²) >= 11 is 0. The first-order valence-electron chi connectivity index (χ1n) is 9.77. The number of hydrogen-bond acceptors (Lipinski definition) is 4. The highest BCUT2D eigenvalue weighted by atomic mass is 16.7. The van der Waals surface area contributed by atoms with Gasteiger partial charge < -0.3 is 18.9 Å². The van der Waals surface area contributed by atoms with Crippen molar-refractivity contribution in [2.45, 2.75) is 79.7 Å². The first-order chi connectivity index (χ1) is 11.3. The summed E-state index contributed by atoms with van der Waals surface area (Å²) < 4.78 is 24.2. The van der Waals surface area contributed by atoms with E-state index in [9.17, 15) is 0 Å². The van der Waals surface area contributed by atoms with Crippen LogP contribution < -0.4 is 0 Å². The summed E-state index contributed by atoms with van der Waals surface area (Å²) in [4.78, 5) is 0. The minimum absolute atomic E-state index is 0.0617. The van der Waals surface area contributed by atoms with Crippen molar-refractivity contribution in [1.29, 1.82) is 0 Å². The molecule has 2 aliphatic rings.